The van der Waals surface area contributed by atoms with Crippen molar-refractivity contribution in [1.29, 1.82) is 0 Å². The van der Waals surface area contributed by atoms with E-state index in [4.69, 9.17) is 4.74 Å². The number of nitrogens with zero attached hydrogens (tertiary/aromatic N) is 4. The van der Waals surface area contributed by atoms with E-state index in [1.807, 2.05) is 30.3 Å². The highest BCUT2D eigenvalue weighted by atomic mass is 19.4. The smallest absolute Gasteiger partial charge is 0.370 e. The second-order valence-corrected chi connectivity index (χ2v) is 11.6. The maximum atomic E-state index is 13.6. The van der Waals surface area contributed by atoms with E-state index in [-0.39, 0.29) is 48.4 Å². The van der Waals surface area contributed by atoms with Gasteiger partial charge in [-0.2, -0.15) is 26.3 Å². The second-order valence-electron chi connectivity index (χ2n) is 11.6. The Kier molecular flexibility index (Phi) is 9.57. The molecule has 0 spiro atoms. The van der Waals surface area contributed by atoms with Crippen LogP contribution >= 0.6 is 0 Å². The van der Waals surface area contributed by atoms with Crippen LogP contribution in [0.25, 0.3) is 0 Å². The van der Waals surface area contributed by atoms with Crippen molar-refractivity contribution in [3.05, 3.63) is 89.5 Å². The van der Waals surface area contributed by atoms with Gasteiger partial charge in [-0.05, 0) is 55.5 Å². The van der Waals surface area contributed by atoms with Crippen LogP contribution in [0.5, 0.6) is 0 Å². The Morgan fingerprint density at radius 3 is 2.11 bits per heavy atom. The Bertz CT molecular complexity index is 1420. The van der Waals surface area contributed by atoms with E-state index >= 15 is 0 Å². The molecule has 3 heterocycles. The van der Waals surface area contributed by atoms with Crippen molar-refractivity contribution in [2.45, 2.75) is 63.2 Å². The molecule has 2 amide bonds. The largest absolute Gasteiger partial charge is 0.416 e. The van der Waals surface area contributed by atoms with Gasteiger partial charge in [-0.15, -0.1) is 0 Å². The molecular weight excluding hydrogens is 602 g/mol. The van der Waals surface area contributed by atoms with Crippen molar-refractivity contribution < 1.29 is 40.7 Å². The number of benzene rings is 2. The number of piperidine rings is 2. The highest BCUT2D eigenvalue weighted by Gasteiger charge is 2.40. The van der Waals surface area contributed by atoms with Crippen molar-refractivity contribution in [3.63, 3.8) is 0 Å². The number of carbonyl (C=O) groups excluding carboxylic acids is 2. The summed E-state index contributed by atoms with van der Waals surface area (Å²) in [6.45, 7) is 3.16. The van der Waals surface area contributed by atoms with Gasteiger partial charge in [-0.1, -0.05) is 30.3 Å². The fourth-order valence-electron chi connectivity index (χ4n) is 6.14. The topological polar surface area (TPSA) is 67.7 Å². The van der Waals surface area contributed by atoms with Crippen molar-refractivity contribution in [1.82, 2.24) is 19.4 Å². The van der Waals surface area contributed by atoms with Gasteiger partial charge >= 0.3 is 12.4 Å². The lowest BCUT2D eigenvalue weighted by atomic mass is 9.86. The fourth-order valence-corrected chi connectivity index (χ4v) is 6.14. The number of alkyl halides is 6. The minimum Gasteiger partial charge on any atom is -0.370 e. The summed E-state index contributed by atoms with van der Waals surface area (Å²) in [6.07, 6.45) is -5.27. The van der Waals surface area contributed by atoms with Crippen LogP contribution in [0.1, 0.15) is 60.5 Å². The van der Waals surface area contributed by atoms with Gasteiger partial charge in [0.15, 0.2) is 0 Å². The number of amides is 2. The quantitative estimate of drug-likeness (QED) is 0.285. The number of carbonyl (C=O) groups is 2. The van der Waals surface area contributed by atoms with E-state index in [0.717, 1.165) is 5.56 Å². The highest BCUT2D eigenvalue weighted by Crippen LogP contribution is 2.40. The zero-order valence-electron chi connectivity index (χ0n) is 24.6. The molecule has 7 nitrogen and oxygen atoms in total. The molecule has 3 aromatic rings. The van der Waals surface area contributed by atoms with E-state index in [9.17, 15) is 35.9 Å². The molecule has 13 heteroatoms. The number of likely N-dealkylation sites (tertiary alicyclic amines) is 2. The van der Waals surface area contributed by atoms with E-state index in [0.29, 0.717) is 51.0 Å². The van der Waals surface area contributed by atoms with Crippen molar-refractivity contribution in [2.24, 2.45) is 5.92 Å². The van der Waals surface area contributed by atoms with Crippen LogP contribution in [-0.2, 0) is 33.2 Å². The van der Waals surface area contributed by atoms with Crippen LogP contribution in [0.3, 0.4) is 0 Å². The maximum absolute atomic E-state index is 13.6. The Balaban J connectivity index is 1.27. The molecule has 0 aliphatic carbocycles. The molecule has 2 saturated heterocycles. The second kappa shape index (κ2) is 13.2. The first-order valence-electron chi connectivity index (χ1n) is 14.8. The molecule has 45 heavy (non-hydrogen) atoms. The Morgan fingerprint density at radius 2 is 1.53 bits per heavy atom. The predicted molar refractivity (Wildman–Crippen MR) is 152 cm³/mol. The third-order valence-electron chi connectivity index (χ3n) is 8.62. The summed E-state index contributed by atoms with van der Waals surface area (Å²) < 4.78 is 88.8. The summed E-state index contributed by atoms with van der Waals surface area (Å²) in [7, 11) is 0. The van der Waals surface area contributed by atoms with E-state index in [2.05, 4.69) is 4.98 Å². The average molecular weight is 637 g/mol. The van der Waals surface area contributed by atoms with Gasteiger partial charge in [0, 0.05) is 50.4 Å². The zero-order valence-corrected chi connectivity index (χ0v) is 24.6. The molecule has 3 atom stereocenters. The first kappa shape index (κ1) is 32.5. The lowest BCUT2D eigenvalue weighted by molar-refractivity contribution is -0.144. The van der Waals surface area contributed by atoms with Gasteiger partial charge in [0.1, 0.15) is 6.54 Å². The molecular formula is C32H34F6N4O3. The SMILES string of the molecule is C[C@@H](O[C@H]1CCN(C(=O)C2CCN(C(=O)Cn3ccnc3)CC2)C[C@H]1c1ccccc1)c1cc(C(F)(F)F)cc(C(F)(F)F)c1. The van der Waals surface area contributed by atoms with Crippen LogP contribution in [0, 0.1) is 5.92 Å². The molecule has 242 valence electrons. The minimum absolute atomic E-state index is 0.0307. The van der Waals surface area contributed by atoms with E-state index < -0.39 is 35.7 Å². The normalized spacial score (nSPS) is 20.7. The lowest BCUT2D eigenvalue weighted by Crippen LogP contribution is -2.50. The molecule has 2 aliphatic rings. The number of imidazole rings is 1. The monoisotopic (exact) mass is 636 g/mol. The molecule has 0 bridgehead atoms. The van der Waals surface area contributed by atoms with Gasteiger partial charge in [0.25, 0.3) is 0 Å². The molecule has 1 aromatic heterocycles. The van der Waals surface area contributed by atoms with Gasteiger partial charge in [-0.25, -0.2) is 4.98 Å². The summed E-state index contributed by atoms with van der Waals surface area (Å²) >= 11 is 0. The molecule has 2 fully saturated rings. The van der Waals surface area contributed by atoms with Crippen LogP contribution in [0.4, 0.5) is 26.3 Å². The summed E-state index contributed by atoms with van der Waals surface area (Å²) in [5.74, 6) is -0.688. The van der Waals surface area contributed by atoms with Crippen LogP contribution in [-0.4, -0.2) is 63.4 Å². The first-order chi connectivity index (χ1) is 21.3. The molecule has 0 radical (unpaired) electrons. The lowest BCUT2D eigenvalue weighted by Gasteiger charge is -2.42. The molecule has 0 unspecified atom stereocenters. The van der Waals surface area contributed by atoms with Gasteiger partial charge in [0.05, 0.1) is 29.7 Å². The minimum atomic E-state index is -4.96. The number of ether oxygens (including phenoxy) is 1. The molecule has 5 rings (SSSR count). The van der Waals surface area contributed by atoms with Crippen molar-refractivity contribution >= 4 is 11.8 Å². The predicted octanol–water partition coefficient (Wildman–Crippen LogP) is 6.32. The van der Waals surface area contributed by atoms with E-state index in [1.165, 1.54) is 6.92 Å². The first-order valence-corrected chi connectivity index (χ1v) is 14.8. The third-order valence-corrected chi connectivity index (χ3v) is 8.62. The van der Waals surface area contributed by atoms with Gasteiger partial charge in [-0.3, -0.25) is 9.59 Å². The maximum Gasteiger partial charge on any atom is 0.416 e. The molecule has 2 aromatic carbocycles. The van der Waals surface area contributed by atoms with Crippen molar-refractivity contribution in [3.8, 4) is 0 Å². The van der Waals surface area contributed by atoms with Crippen molar-refractivity contribution in [2.75, 3.05) is 26.2 Å². The Morgan fingerprint density at radius 1 is 0.911 bits per heavy atom. The molecule has 2 aliphatic heterocycles. The number of halogens is 6. The van der Waals surface area contributed by atoms with E-state index in [1.54, 1.807) is 33.1 Å². The van der Waals surface area contributed by atoms with Crippen LogP contribution < -0.4 is 0 Å². The number of rotatable bonds is 7. The van der Waals surface area contributed by atoms with Gasteiger partial charge in [0.2, 0.25) is 11.8 Å². The molecule has 0 saturated carbocycles. The number of hydrogen-bond acceptors (Lipinski definition) is 4. The third kappa shape index (κ3) is 7.86. The molecule has 0 N–H and O–H groups in total. The summed E-state index contributed by atoms with van der Waals surface area (Å²) in [5, 5.41) is 0. The average Bonchev–Trinajstić information content (AvgIpc) is 3.53. The van der Waals surface area contributed by atoms with Crippen LogP contribution in [0.15, 0.2) is 67.3 Å². The fraction of sp³-hybridized carbons (Fsp3) is 0.469. The highest BCUT2D eigenvalue weighted by molar-refractivity contribution is 5.80. The number of hydrogen-bond donors (Lipinski definition) is 0. The summed E-state index contributed by atoms with van der Waals surface area (Å²) in [5.41, 5.74) is -2.15. The standard InChI is InChI=1S/C32H34F6N4O3/c1-21(24-15-25(31(33,34)35)17-26(16-24)32(36,37)38)45-28-9-13-42(18-27(28)22-5-3-2-4-6-22)30(44)23-7-11-41(12-8-23)29(43)19-40-14-10-39-20-40/h2-6,10,14-17,20-21,23,27-28H,7-9,11-13,18-19H2,1H3/t21-,27+,28+/m1/s1. The summed E-state index contributed by atoms with van der Waals surface area (Å²) in [6, 6.07) is 10.7. The zero-order chi connectivity index (χ0) is 32.4. The number of aromatic nitrogens is 2. The summed E-state index contributed by atoms with van der Waals surface area (Å²) in [4.78, 5) is 33.8. The Hall–Kier alpha value is -3.87. The Labute approximate surface area is 256 Å². The van der Waals surface area contributed by atoms with Crippen LogP contribution in [0.2, 0.25) is 0 Å². The van der Waals surface area contributed by atoms with Gasteiger partial charge < -0.3 is 19.1 Å².